The molecule has 1 aliphatic rings. The van der Waals surface area contributed by atoms with Crippen molar-refractivity contribution < 1.29 is 14.3 Å². The molecule has 0 amide bonds. The maximum absolute atomic E-state index is 10.9. The second kappa shape index (κ2) is 4.53. The fourth-order valence-corrected chi connectivity index (χ4v) is 1.63. The molecule has 0 aromatic rings. The van der Waals surface area contributed by atoms with E-state index in [1.165, 1.54) is 0 Å². The van der Waals surface area contributed by atoms with Crippen molar-refractivity contribution in [3.63, 3.8) is 0 Å². The summed E-state index contributed by atoms with van der Waals surface area (Å²) in [6.07, 6.45) is 7.08. The summed E-state index contributed by atoms with van der Waals surface area (Å²) in [6.45, 7) is 0. The van der Waals surface area contributed by atoms with E-state index in [1.807, 2.05) is 12.2 Å². The van der Waals surface area contributed by atoms with Crippen molar-refractivity contribution in [1.82, 2.24) is 0 Å². The first kappa shape index (κ1) is 10.4. The van der Waals surface area contributed by atoms with Crippen molar-refractivity contribution in [3.8, 4) is 0 Å². The van der Waals surface area contributed by atoms with Crippen molar-refractivity contribution in [2.24, 2.45) is 5.41 Å². The van der Waals surface area contributed by atoms with E-state index >= 15 is 0 Å². The van der Waals surface area contributed by atoms with E-state index in [0.717, 1.165) is 19.1 Å². The highest BCUT2D eigenvalue weighted by Crippen LogP contribution is 2.36. The molecule has 74 valence electrons. The number of carbonyl (C=O) groups is 1. The van der Waals surface area contributed by atoms with E-state index in [0.29, 0.717) is 6.42 Å². The van der Waals surface area contributed by atoms with Crippen molar-refractivity contribution in [2.45, 2.75) is 25.6 Å². The van der Waals surface area contributed by atoms with Gasteiger partial charge in [-0.05, 0) is 12.8 Å². The molecule has 0 heterocycles. The SMILES string of the molecule is COC(CC1(C=O)CC=CC1)OC. The van der Waals surface area contributed by atoms with Crippen LogP contribution < -0.4 is 0 Å². The fraction of sp³-hybridized carbons (Fsp3) is 0.700. The molecule has 1 rings (SSSR count). The summed E-state index contributed by atoms with van der Waals surface area (Å²) in [6, 6.07) is 0. The largest absolute Gasteiger partial charge is 0.356 e. The maximum Gasteiger partial charge on any atom is 0.157 e. The third kappa shape index (κ3) is 2.39. The normalized spacial score (nSPS) is 19.6. The predicted molar refractivity (Wildman–Crippen MR) is 49.3 cm³/mol. The van der Waals surface area contributed by atoms with Gasteiger partial charge in [0, 0.05) is 26.1 Å². The molecule has 1 aliphatic carbocycles. The highest BCUT2D eigenvalue weighted by Gasteiger charge is 2.33. The zero-order valence-electron chi connectivity index (χ0n) is 8.16. The Morgan fingerprint density at radius 2 is 1.92 bits per heavy atom. The summed E-state index contributed by atoms with van der Waals surface area (Å²) >= 11 is 0. The molecule has 0 aliphatic heterocycles. The molecule has 0 fully saturated rings. The second-order valence-electron chi connectivity index (χ2n) is 3.46. The van der Waals surface area contributed by atoms with Crippen LogP contribution in [-0.2, 0) is 14.3 Å². The van der Waals surface area contributed by atoms with Crippen LogP contribution in [0.3, 0.4) is 0 Å². The highest BCUT2D eigenvalue weighted by atomic mass is 16.7. The van der Waals surface area contributed by atoms with Crippen LogP contribution in [0.4, 0.5) is 0 Å². The minimum atomic E-state index is -0.281. The molecule has 0 bridgehead atoms. The predicted octanol–water partition coefficient (Wildman–Crippen LogP) is 1.53. The van der Waals surface area contributed by atoms with E-state index in [2.05, 4.69) is 0 Å². The Labute approximate surface area is 78.7 Å². The van der Waals surface area contributed by atoms with Gasteiger partial charge in [-0.2, -0.15) is 0 Å². The van der Waals surface area contributed by atoms with Gasteiger partial charge in [-0.1, -0.05) is 12.2 Å². The first-order valence-electron chi connectivity index (χ1n) is 4.43. The third-order valence-electron chi connectivity index (χ3n) is 2.56. The molecule has 0 saturated heterocycles. The minimum absolute atomic E-state index is 0.273. The quantitative estimate of drug-likeness (QED) is 0.369. The Kier molecular flexibility index (Phi) is 3.63. The van der Waals surface area contributed by atoms with Crippen LogP contribution in [0.5, 0.6) is 0 Å². The summed E-state index contributed by atoms with van der Waals surface area (Å²) in [5.41, 5.74) is -0.281. The highest BCUT2D eigenvalue weighted by molar-refractivity contribution is 5.61. The van der Waals surface area contributed by atoms with Gasteiger partial charge in [0.1, 0.15) is 6.29 Å². The molecule has 0 aromatic heterocycles. The number of rotatable bonds is 5. The lowest BCUT2D eigenvalue weighted by Gasteiger charge is -2.25. The van der Waals surface area contributed by atoms with Gasteiger partial charge in [-0.25, -0.2) is 0 Å². The summed E-state index contributed by atoms with van der Waals surface area (Å²) in [7, 11) is 3.18. The number of hydrogen-bond acceptors (Lipinski definition) is 3. The topological polar surface area (TPSA) is 35.5 Å². The summed E-state index contributed by atoms with van der Waals surface area (Å²) < 4.78 is 10.2. The lowest BCUT2D eigenvalue weighted by atomic mass is 9.83. The van der Waals surface area contributed by atoms with Gasteiger partial charge >= 0.3 is 0 Å². The number of hydrogen-bond donors (Lipinski definition) is 0. The molecule has 0 saturated carbocycles. The molecule has 0 unspecified atom stereocenters. The van der Waals surface area contributed by atoms with Gasteiger partial charge in [0.05, 0.1) is 0 Å². The Hall–Kier alpha value is -0.670. The average molecular weight is 184 g/mol. The zero-order chi connectivity index (χ0) is 9.73. The standard InChI is InChI=1S/C10H16O3/c1-12-9(13-2)7-10(8-11)5-3-4-6-10/h3-4,8-9H,5-7H2,1-2H3. The third-order valence-corrected chi connectivity index (χ3v) is 2.56. The number of ether oxygens (including phenoxy) is 2. The fourth-order valence-electron chi connectivity index (χ4n) is 1.63. The van der Waals surface area contributed by atoms with Crippen molar-refractivity contribution in [1.29, 1.82) is 0 Å². The number of carbonyl (C=O) groups excluding carboxylic acids is 1. The molecule has 13 heavy (non-hydrogen) atoms. The molecular formula is C10H16O3. The van der Waals surface area contributed by atoms with Crippen molar-refractivity contribution in [2.75, 3.05) is 14.2 Å². The van der Waals surface area contributed by atoms with Gasteiger partial charge in [-0.15, -0.1) is 0 Å². The molecule has 3 nitrogen and oxygen atoms in total. The van der Waals surface area contributed by atoms with Gasteiger partial charge < -0.3 is 14.3 Å². The van der Waals surface area contributed by atoms with E-state index < -0.39 is 0 Å². The lowest BCUT2D eigenvalue weighted by molar-refractivity contribution is -0.137. The molecular weight excluding hydrogens is 168 g/mol. The molecule has 0 spiro atoms. The van der Waals surface area contributed by atoms with Gasteiger partial charge in [0.2, 0.25) is 0 Å². The van der Waals surface area contributed by atoms with Crippen LogP contribution in [0.25, 0.3) is 0 Å². The molecule has 0 radical (unpaired) electrons. The smallest absolute Gasteiger partial charge is 0.157 e. The van der Waals surface area contributed by atoms with Crippen molar-refractivity contribution in [3.05, 3.63) is 12.2 Å². The Bertz CT molecular complexity index is 186. The van der Waals surface area contributed by atoms with Crippen LogP contribution in [0.1, 0.15) is 19.3 Å². The van der Waals surface area contributed by atoms with Gasteiger partial charge in [0.15, 0.2) is 6.29 Å². The monoisotopic (exact) mass is 184 g/mol. The molecule has 0 atom stereocenters. The van der Waals surface area contributed by atoms with Crippen LogP contribution in [0.2, 0.25) is 0 Å². The molecule has 3 heteroatoms. The number of allylic oxidation sites excluding steroid dienone is 2. The lowest BCUT2D eigenvalue weighted by Crippen LogP contribution is -2.27. The van der Waals surface area contributed by atoms with Gasteiger partial charge in [-0.3, -0.25) is 0 Å². The first-order chi connectivity index (χ1) is 6.26. The van der Waals surface area contributed by atoms with E-state index in [9.17, 15) is 4.79 Å². The average Bonchev–Trinajstić information content (AvgIpc) is 2.63. The minimum Gasteiger partial charge on any atom is -0.356 e. The van der Waals surface area contributed by atoms with E-state index in [1.54, 1.807) is 14.2 Å². The van der Waals surface area contributed by atoms with Crippen LogP contribution in [0.15, 0.2) is 12.2 Å². The Balaban J connectivity index is 2.52. The number of methoxy groups -OCH3 is 2. The van der Waals surface area contributed by atoms with Crippen LogP contribution in [-0.4, -0.2) is 26.8 Å². The Morgan fingerprint density at radius 1 is 1.38 bits per heavy atom. The zero-order valence-corrected chi connectivity index (χ0v) is 8.16. The van der Waals surface area contributed by atoms with Crippen LogP contribution in [0, 0.1) is 5.41 Å². The summed E-state index contributed by atoms with van der Waals surface area (Å²) in [5.74, 6) is 0. The first-order valence-corrected chi connectivity index (χ1v) is 4.43. The molecule has 0 aromatic carbocycles. The van der Waals surface area contributed by atoms with E-state index in [4.69, 9.17) is 9.47 Å². The number of aldehydes is 1. The van der Waals surface area contributed by atoms with Crippen LogP contribution >= 0.6 is 0 Å². The van der Waals surface area contributed by atoms with E-state index in [-0.39, 0.29) is 11.7 Å². The van der Waals surface area contributed by atoms with Gasteiger partial charge in [0.25, 0.3) is 0 Å². The summed E-state index contributed by atoms with van der Waals surface area (Å²) in [4.78, 5) is 10.9. The molecule has 0 N–H and O–H groups in total. The summed E-state index contributed by atoms with van der Waals surface area (Å²) in [5, 5.41) is 0. The maximum atomic E-state index is 10.9. The van der Waals surface area contributed by atoms with Crippen molar-refractivity contribution >= 4 is 6.29 Å². The second-order valence-corrected chi connectivity index (χ2v) is 3.46. The Morgan fingerprint density at radius 3 is 2.31 bits per heavy atom.